The first-order chi connectivity index (χ1) is 12.1. The number of halogens is 2. The van der Waals surface area contributed by atoms with Crippen LogP contribution in [0.4, 0.5) is 5.69 Å². The van der Waals surface area contributed by atoms with Gasteiger partial charge in [0, 0.05) is 17.0 Å². The SMILES string of the molecule is C[C@@H](OC(=O)c1cc(S(C)(=O)=O)ccc1Cl)C(=O)Nc1cccc(Cl)c1. The van der Waals surface area contributed by atoms with E-state index >= 15 is 0 Å². The molecular formula is C17H15Cl2NO5S. The van der Waals surface area contributed by atoms with Crippen molar-refractivity contribution in [3.8, 4) is 0 Å². The van der Waals surface area contributed by atoms with Crippen LogP contribution in [-0.2, 0) is 19.4 Å². The van der Waals surface area contributed by atoms with Gasteiger partial charge in [0.1, 0.15) is 0 Å². The van der Waals surface area contributed by atoms with Crippen LogP contribution in [0.1, 0.15) is 17.3 Å². The maximum absolute atomic E-state index is 12.3. The minimum atomic E-state index is -3.52. The van der Waals surface area contributed by atoms with E-state index in [-0.39, 0.29) is 15.5 Å². The summed E-state index contributed by atoms with van der Waals surface area (Å²) in [5, 5.41) is 3.02. The second-order valence-electron chi connectivity index (χ2n) is 5.46. The zero-order valence-corrected chi connectivity index (χ0v) is 16.2. The molecular weight excluding hydrogens is 401 g/mol. The predicted octanol–water partition coefficient (Wildman–Crippen LogP) is 3.58. The monoisotopic (exact) mass is 415 g/mol. The number of ether oxygens (including phenoxy) is 1. The minimum Gasteiger partial charge on any atom is -0.449 e. The van der Waals surface area contributed by atoms with Gasteiger partial charge in [-0.15, -0.1) is 0 Å². The molecule has 0 aliphatic heterocycles. The van der Waals surface area contributed by atoms with Crippen LogP contribution in [0.15, 0.2) is 47.4 Å². The summed E-state index contributed by atoms with van der Waals surface area (Å²) in [6.45, 7) is 1.38. The fourth-order valence-corrected chi connectivity index (χ4v) is 3.01. The Hall–Kier alpha value is -2.09. The van der Waals surface area contributed by atoms with Crippen molar-refractivity contribution in [3.05, 3.63) is 58.1 Å². The van der Waals surface area contributed by atoms with Crippen molar-refractivity contribution in [2.24, 2.45) is 0 Å². The lowest BCUT2D eigenvalue weighted by Crippen LogP contribution is -2.30. The lowest BCUT2D eigenvalue weighted by molar-refractivity contribution is -0.123. The highest BCUT2D eigenvalue weighted by Gasteiger charge is 2.22. The van der Waals surface area contributed by atoms with Crippen LogP contribution >= 0.6 is 23.2 Å². The molecule has 1 amide bonds. The zero-order chi connectivity index (χ0) is 19.5. The average molecular weight is 416 g/mol. The first kappa shape index (κ1) is 20.2. The molecule has 9 heteroatoms. The maximum Gasteiger partial charge on any atom is 0.340 e. The molecule has 2 aromatic carbocycles. The van der Waals surface area contributed by atoms with E-state index in [0.29, 0.717) is 10.7 Å². The number of carbonyl (C=O) groups is 2. The third kappa shape index (κ3) is 5.20. The Morgan fingerprint density at radius 2 is 1.81 bits per heavy atom. The maximum atomic E-state index is 12.3. The molecule has 0 radical (unpaired) electrons. The van der Waals surface area contributed by atoms with Gasteiger partial charge in [0.2, 0.25) is 0 Å². The number of nitrogens with one attached hydrogen (secondary N) is 1. The Bertz CT molecular complexity index is 959. The molecule has 0 bridgehead atoms. The smallest absolute Gasteiger partial charge is 0.340 e. The number of rotatable bonds is 5. The molecule has 0 fully saturated rings. The summed E-state index contributed by atoms with van der Waals surface area (Å²) in [6.07, 6.45) is -0.133. The molecule has 0 aliphatic rings. The molecule has 0 unspecified atom stereocenters. The molecule has 0 saturated heterocycles. The Morgan fingerprint density at radius 1 is 1.12 bits per heavy atom. The molecule has 0 spiro atoms. The van der Waals surface area contributed by atoms with Crippen LogP contribution in [-0.4, -0.2) is 32.7 Å². The largest absolute Gasteiger partial charge is 0.449 e. The standard InChI is InChI=1S/C17H15Cl2NO5S/c1-10(16(21)20-12-5-3-4-11(18)8-12)25-17(22)14-9-13(26(2,23)24)6-7-15(14)19/h3-10H,1-2H3,(H,20,21)/t10-/m1/s1. The number of amides is 1. The van der Waals surface area contributed by atoms with Crippen LogP contribution in [0.25, 0.3) is 0 Å². The number of hydrogen-bond acceptors (Lipinski definition) is 5. The van der Waals surface area contributed by atoms with Crippen molar-refractivity contribution in [1.82, 2.24) is 0 Å². The van der Waals surface area contributed by atoms with Crippen LogP contribution in [0.2, 0.25) is 10.0 Å². The van der Waals surface area contributed by atoms with Gasteiger partial charge in [-0.25, -0.2) is 13.2 Å². The summed E-state index contributed by atoms with van der Waals surface area (Å²) in [5.74, 6) is -1.48. The topological polar surface area (TPSA) is 89.5 Å². The van der Waals surface area contributed by atoms with Crippen molar-refractivity contribution in [3.63, 3.8) is 0 Å². The molecule has 2 aromatic rings. The second kappa shape index (κ2) is 8.07. The quantitative estimate of drug-likeness (QED) is 0.753. The molecule has 138 valence electrons. The number of carbonyl (C=O) groups excluding carboxylic acids is 2. The molecule has 6 nitrogen and oxygen atoms in total. The number of anilines is 1. The Balaban J connectivity index is 2.12. The number of benzene rings is 2. The first-order valence-electron chi connectivity index (χ1n) is 7.35. The summed E-state index contributed by atoms with van der Waals surface area (Å²) in [6, 6.07) is 10.2. The number of hydrogen-bond donors (Lipinski definition) is 1. The fourth-order valence-electron chi connectivity index (χ4n) is 1.98. The van der Waals surface area contributed by atoms with E-state index in [0.717, 1.165) is 12.3 Å². The minimum absolute atomic E-state index is 0.0184. The van der Waals surface area contributed by atoms with Crippen molar-refractivity contribution < 1.29 is 22.7 Å². The van der Waals surface area contributed by atoms with Crippen LogP contribution < -0.4 is 5.32 Å². The van der Waals surface area contributed by atoms with E-state index in [2.05, 4.69) is 5.32 Å². The van der Waals surface area contributed by atoms with Gasteiger partial charge in [0.25, 0.3) is 5.91 Å². The molecule has 2 rings (SSSR count). The van der Waals surface area contributed by atoms with Gasteiger partial charge in [0.05, 0.1) is 15.5 Å². The van der Waals surface area contributed by atoms with Gasteiger partial charge in [0.15, 0.2) is 15.9 Å². The predicted molar refractivity (Wildman–Crippen MR) is 99.5 cm³/mol. The molecule has 0 heterocycles. The average Bonchev–Trinajstić information content (AvgIpc) is 2.53. The van der Waals surface area contributed by atoms with Gasteiger partial charge < -0.3 is 10.1 Å². The molecule has 26 heavy (non-hydrogen) atoms. The highest BCUT2D eigenvalue weighted by molar-refractivity contribution is 7.90. The molecule has 1 N–H and O–H groups in total. The van der Waals surface area contributed by atoms with E-state index in [1.54, 1.807) is 24.3 Å². The molecule has 0 saturated carbocycles. The van der Waals surface area contributed by atoms with E-state index in [9.17, 15) is 18.0 Å². The van der Waals surface area contributed by atoms with Gasteiger partial charge >= 0.3 is 5.97 Å². The number of sulfone groups is 1. The zero-order valence-electron chi connectivity index (χ0n) is 13.8. The Kier molecular flexibility index (Phi) is 6.28. The Labute approximate surface area is 161 Å². The lowest BCUT2D eigenvalue weighted by Gasteiger charge is -2.14. The summed E-state index contributed by atoms with van der Waals surface area (Å²) < 4.78 is 28.3. The highest BCUT2D eigenvalue weighted by Crippen LogP contribution is 2.22. The third-order valence-corrected chi connectivity index (χ3v) is 5.01. The van der Waals surface area contributed by atoms with Gasteiger partial charge in [-0.2, -0.15) is 0 Å². The van der Waals surface area contributed by atoms with Gasteiger partial charge in [-0.1, -0.05) is 29.3 Å². The summed E-state index contributed by atoms with van der Waals surface area (Å²) >= 11 is 11.8. The van der Waals surface area contributed by atoms with Crippen molar-refractivity contribution in [1.29, 1.82) is 0 Å². The van der Waals surface area contributed by atoms with Crippen LogP contribution in [0.3, 0.4) is 0 Å². The normalized spacial score (nSPS) is 12.3. The van der Waals surface area contributed by atoms with Gasteiger partial charge in [-0.05, 0) is 43.3 Å². The first-order valence-corrected chi connectivity index (χ1v) is 9.99. The fraction of sp³-hybridized carbons (Fsp3) is 0.176. The van der Waals surface area contributed by atoms with Crippen LogP contribution in [0, 0.1) is 0 Å². The van der Waals surface area contributed by atoms with E-state index in [1.165, 1.54) is 19.1 Å². The van der Waals surface area contributed by atoms with Gasteiger partial charge in [-0.3, -0.25) is 4.79 Å². The summed E-state index contributed by atoms with van der Waals surface area (Å²) in [4.78, 5) is 24.3. The Morgan fingerprint density at radius 3 is 2.42 bits per heavy atom. The van der Waals surface area contributed by atoms with E-state index in [4.69, 9.17) is 27.9 Å². The third-order valence-electron chi connectivity index (χ3n) is 3.33. The van der Waals surface area contributed by atoms with Crippen molar-refractivity contribution >= 4 is 50.6 Å². The molecule has 1 atom stereocenters. The highest BCUT2D eigenvalue weighted by atomic mass is 35.5. The summed E-state index contributed by atoms with van der Waals surface area (Å²) in [5.41, 5.74) is 0.305. The molecule has 0 aromatic heterocycles. The van der Waals surface area contributed by atoms with Crippen molar-refractivity contribution in [2.45, 2.75) is 17.9 Å². The van der Waals surface area contributed by atoms with E-state index < -0.39 is 27.8 Å². The summed E-state index contributed by atoms with van der Waals surface area (Å²) in [7, 11) is -3.52. The number of esters is 1. The van der Waals surface area contributed by atoms with Crippen molar-refractivity contribution in [2.75, 3.05) is 11.6 Å². The lowest BCUT2D eigenvalue weighted by atomic mass is 10.2. The molecule has 0 aliphatic carbocycles. The van der Waals surface area contributed by atoms with E-state index in [1.807, 2.05) is 0 Å². The van der Waals surface area contributed by atoms with Crippen LogP contribution in [0.5, 0.6) is 0 Å². The second-order valence-corrected chi connectivity index (χ2v) is 8.32.